The highest BCUT2D eigenvalue weighted by molar-refractivity contribution is 9.10. The Hall–Kier alpha value is -2.36. The third-order valence-electron chi connectivity index (χ3n) is 3.75. The molecule has 29 heavy (non-hydrogen) atoms. The van der Waals surface area contributed by atoms with Gasteiger partial charge in [-0.3, -0.25) is 9.52 Å². The van der Waals surface area contributed by atoms with E-state index >= 15 is 0 Å². The van der Waals surface area contributed by atoms with E-state index in [1.54, 1.807) is 30.3 Å². The van der Waals surface area contributed by atoms with Crippen LogP contribution in [0, 0.1) is 0 Å². The second-order valence-corrected chi connectivity index (χ2v) is 9.35. The van der Waals surface area contributed by atoms with Crippen LogP contribution in [0.3, 0.4) is 0 Å². The first-order valence-corrected chi connectivity index (χ1v) is 11.5. The van der Waals surface area contributed by atoms with Gasteiger partial charge in [0, 0.05) is 14.6 Å². The molecule has 9 heteroatoms. The molecular weight excluding hydrogens is 524 g/mol. The molecule has 3 aromatic rings. The number of carbonyl (C=O) groups is 1. The highest BCUT2D eigenvalue weighted by Gasteiger charge is 2.14. The van der Waals surface area contributed by atoms with E-state index in [-0.39, 0.29) is 17.4 Å². The quantitative estimate of drug-likeness (QED) is 0.441. The summed E-state index contributed by atoms with van der Waals surface area (Å²) in [6.07, 6.45) is 0. The number of benzene rings is 3. The van der Waals surface area contributed by atoms with Crippen LogP contribution in [0.25, 0.3) is 0 Å². The van der Waals surface area contributed by atoms with Crippen LogP contribution in [-0.4, -0.2) is 20.9 Å². The Morgan fingerprint density at radius 1 is 0.897 bits per heavy atom. The van der Waals surface area contributed by atoms with Crippen molar-refractivity contribution < 1.29 is 17.9 Å². The summed E-state index contributed by atoms with van der Waals surface area (Å²) in [5, 5.41) is 2.73. The van der Waals surface area contributed by atoms with E-state index in [2.05, 4.69) is 41.9 Å². The molecule has 0 bridgehead atoms. The Balaban J connectivity index is 1.58. The van der Waals surface area contributed by atoms with Gasteiger partial charge in [-0.25, -0.2) is 8.42 Å². The number of hydrogen-bond acceptors (Lipinski definition) is 4. The fourth-order valence-corrected chi connectivity index (χ4v) is 4.05. The van der Waals surface area contributed by atoms with Gasteiger partial charge in [0.15, 0.2) is 6.61 Å². The number of halogens is 2. The van der Waals surface area contributed by atoms with Crippen molar-refractivity contribution in [1.29, 1.82) is 0 Å². The zero-order chi connectivity index (χ0) is 20.9. The molecular formula is C20H16Br2N2O4S. The maximum Gasteiger partial charge on any atom is 0.262 e. The number of carbonyl (C=O) groups excluding carboxylic acids is 1. The molecule has 1 amide bonds. The third-order valence-corrected chi connectivity index (χ3v) is 6.37. The van der Waals surface area contributed by atoms with Crippen LogP contribution in [-0.2, 0) is 14.8 Å². The van der Waals surface area contributed by atoms with Crippen molar-refractivity contribution in [2.24, 2.45) is 0 Å². The van der Waals surface area contributed by atoms with Crippen LogP contribution in [0.2, 0.25) is 0 Å². The van der Waals surface area contributed by atoms with Gasteiger partial charge in [-0.2, -0.15) is 0 Å². The molecule has 0 aliphatic rings. The number of nitrogens with one attached hydrogen (secondary N) is 2. The number of ether oxygens (including phenoxy) is 1. The largest absolute Gasteiger partial charge is 0.484 e. The molecule has 0 unspecified atom stereocenters. The molecule has 6 nitrogen and oxygen atoms in total. The Labute approximate surface area is 185 Å². The van der Waals surface area contributed by atoms with Gasteiger partial charge >= 0.3 is 0 Å². The van der Waals surface area contributed by atoms with Gasteiger partial charge in [0.2, 0.25) is 0 Å². The van der Waals surface area contributed by atoms with E-state index in [0.29, 0.717) is 17.1 Å². The average molecular weight is 540 g/mol. The van der Waals surface area contributed by atoms with Gasteiger partial charge < -0.3 is 10.1 Å². The normalized spacial score (nSPS) is 11.0. The standard InChI is InChI=1S/C20H16Br2N2O4S/c21-14-5-7-15(8-6-14)24-29(26,27)17-11-9-16(10-12-17)28-13-20(25)23-19-4-2-1-3-18(19)22/h1-12,24H,13H2,(H,23,25). The van der Waals surface area contributed by atoms with Crippen LogP contribution in [0.4, 0.5) is 11.4 Å². The predicted octanol–water partition coefficient (Wildman–Crippen LogP) is 5.03. The molecule has 2 N–H and O–H groups in total. The monoisotopic (exact) mass is 538 g/mol. The number of para-hydroxylation sites is 1. The fraction of sp³-hybridized carbons (Fsp3) is 0.0500. The number of hydrogen-bond donors (Lipinski definition) is 2. The number of anilines is 2. The predicted molar refractivity (Wildman–Crippen MR) is 120 cm³/mol. The van der Waals surface area contributed by atoms with E-state index in [1.807, 2.05) is 18.2 Å². The minimum absolute atomic E-state index is 0.0884. The highest BCUT2D eigenvalue weighted by atomic mass is 79.9. The Morgan fingerprint density at radius 3 is 2.21 bits per heavy atom. The molecule has 3 aromatic carbocycles. The SMILES string of the molecule is O=C(COc1ccc(S(=O)(=O)Nc2ccc(Br)cc2)cc1)Nc1ccccc1Br. The lowest BCUT2D eigenvalue weighted by molar-refractivity contribution is -0.118. The summed E-state index contributed by atoms with van der Waals surface area (Å²) in [4.78, 5) is 12.1. The summed E-state index contributed by atoms with van der Waals surface area (Å²) >= 11 is 6.66. The molecule has 150 valence electrons. The maximum absolute atomic E-state index is 12.5. The molecule has 0 atom stereocenters. The Morgan fingerprint density at radius 2 is 1.55 bits per heavy atom. The lowest BCUT2D eigenvalue weighted by atomic mass is 10.3. The maximum atomic E-state index is 12.5. The molecule has 0 aliphatic heterocycles. The second-order valence-electron chi connectivity index (χ2n) is 5.90. The molecule has 0 saturated heterocycles. The molecule has 3 rings (SSSR count). The average Bonchev–Trinajstić information content (AvgIpc) is 2.70. The first-order valence-electron chi connectivity index (χ1n) is 8.39. The summed E-state index contributed by atoms with van der Waals surface area (Å²) in [7, 11) is -3.73. The summed E-state index contributed by atoms with van der Waals surface area (Å²) in [6, 6.07) is 19.9. The molecule has 0 aromatic heterocycles. The van der Waals surface area contributed by atoms with Crippen LogP contribution in [0.5, 0.6) is 5.75 Å². The third kappa shape index (κ3) is 6.06. The fourth-order valence-electron chi connectivity index (χ4n) is 2.34. The first kappa shape index (κ1) is 21.4. The van der Waals surface area contributed by atoms with Crippen molar-refractivity contribution in [3.63, 3.8) is 0 Å². The smallest absolute Gasteiger partial charge is 0.262 e. The summed E-state index contributed by atoms with van der Waals surface area (Å²) in [6.45, 7) is -0.204. The zero-order valence-corrected chi connectivity index (χ0v) is 18.9. The van der Waals surface area contributed by atoms with Crippen molar-refractivity contribution in [2.45, 2.75) is 4.90 Å². The molecule has 0 radical (unpaired) electrons. The van der Waals surface area contributed by atoms with Crippen molar-refractivity contribution in [2.75, 3.05) is 16.6 Å². The van der Waals surface area contributed by atoms with Gasteiger partial charge in [-0.05, 0) is 76.6 Å². The topological polar surface area (TPSA) is 84.5 Å². The van der Waals surface area contributed by atoms with E-state index in [4.69, 9.17) is 4.74 Å². The molecule has 0 spiro atoms. The number of sulfonamides is 1. The molecule has 0 fully saturated rings. The summed E-state index contributed by atoms with van der Waals surface area (Å²) in [5.74, 6) is 0.0559. The molecule has 0 heterocycles. The van der Waals surface area contributed by atoms with Gasteiger partial charge in [-0.1, -0.05) is 28.1 Å². The van der Waals surface area contributed by atoms with E-state index in [9.17, 15) is 13.2 Å². The Kier molecular flexibility index (Phi) is 6.94. The number of amides is 1. The van der Waals surface area contributed by atoms with Crippen LogP contribution >= 0.6 is 31.9 Å². The van der Waals surface area contributed by atoms with Crippen molar-refractivity contribution in [3.8, 4) is 5.75 Å². The Bertz CT molecular complexity index is 1100. The lowest BCUT2D eigenvalue weighted by Gasteiger charge is -2.10. The van der Waals surface area contributed by atoms with Crippen LogP contribution in [0.1, 0.15) is 0 Å². The van der Waals surface area contributed by atoms with Crippen molar-refractivity contribution in [1.82, 2.24) is 0 Å². The van der Waals surface area contributed by atoms with Gasteiger partial charge in [0.1, 0.15) is 5.75 Å². The minimum atomic E-state index is -3.73. The van der Waals surface area contributed by atoms with E-state index in [1.165, 1.54) is 24.3 Å². The second kappa shape index (κ2) is 9.43. The van der Waals surface area contributed by atoms with Gasteiger partial charge in [0.05, 0.1) is 10.6 Å². The van der Waals surface area contributed by atoms with Crippen LogP contribution < -0.4 is 14.8 Å². The van der Waals surface area contributed by atoms with Crippen molar-refractivity contribution in [3.05, 3.63) is 81.7 Å². The number of rotatable bonds is 7. The molecule has 0 aliphatic carbocycles. The van der Waals surface area contributed by atoms with E-state index in [0.717, 1.165) is 8.95 Å². The van der Waals surface area contributed by atoms with Crippen LogP contribution in [0.15, 0.2) is 86.6 Å². The summed E-state index contributed by atoms with van der Waals surface area (Å²) in [5.41, 5.74) is 1.10. The molecule has 0 saturated carbocycles. The lowest BCUT2D eigenvalue weighted by Crippen LogP contribution is -2.20. The van der Waals surface area contributed by atoms with Crippen molar-refractivity contribution >= 4 is 59.2 Å². The van der Waals surface area contributed by atoms with Gasteiger partial charge in [-0.15, -0.1) is 0 Å². The zero-order valence-electron chi connectivity index (χ0n) is 14.9. The first-order chi connectivity index (χ1) is 13.8. The minimum Gasteiger partial charge on any atom is -0.484 e. The summed E-state index contributed by atoms with van der Waals surface area (Å²) < 4.78 is 34.5. The highest BCUT2D eigenvalue weighted by Crippen LogP contribution is 2.22. The van der Waals surface area contributed by atoms with E-state index < -0.39 is 10.0 Å². The van der Waals surface area contributed by atoms with Gasteiger partial charge in [0.25, 0.3) is 15.9 Å².